The lowest BCUT2D eigenvalue weighted by atomic mass is 10.2. The molecule has 40 nitrogen and oxygen atoms in total. The first-order valence-corrected chi connectivity index (χ1v) is 49.3. The van der Waals surface area contributed by atoms with Gasteiger partial charge >= 0.3 is 6.01 Å². The summed E-state index contributed by atoms with van der Waals surface area (Å²) in [6.45, 7) is 6.07. The number of aromatic nitrogens is 21. The van der Waals surface area contributed by atoms with Gasteiger partial charge in [0.05, 0.1) is 128 Å². The summed E-state index contributed by atoms with van der Waals surface area (Å²) in [5, 5.41) is 19.0. The average Bonchev–Trinajstić information content (AvgIpc) is 1.62. The van der Waals surface area contributed by atoms with E-state index in [1.807, 2.05) is 261 Å². The molecule has 0 aliphatic carbocycles. The van der Waals surface area contributed by atoms with Crippen molar-refractivity contribution in [1.82, 2.24) is 117 Å². The number of amides is 8. The molecule has 0 radical (unpaired) electrons. The molecule has 8 amide bonds. The number of nitrogens with two attached hydrogens (primary N) is 7. The summed E-state index contributed by atoms with van der Waals surface area (Å²) in [5.41, 5.74) is 56.1. The maximum absolute atomic E-state index is 12.4. The zero-order chi connectivity index (χ0) is 101. The Kier molecular flexibility index (Phi) is 29.7. The number of carbonyl (C=O) groups is 8. The van der Waals surface area contributed by atoms with Crippen molar-refractivity contribution < 1.29 is 42.8 Å². The van der Waals surface area contributed by atoms with Gasteiger partial charge in [-0.15, -0.1) is 56.7 Å². The van der Waals surface area contributed by atoms with Crippen molar-refractivity contribution >= 4 is 204 Å². The first kappa shape index (κ1) is 96.9. The minimum atomic E-state index is -0.621. The minimum Gasteiger partial charge on any atom is -0.431 e. The predicted octanol–water partition coefficient (Wildman–Crippen LogP) is 13.8. The van der Waals surface area contributed by atoms with Crippen LogP contribution in [0.2, 0.25) is 0 Å². The van der Waals surface area contributed by atoms with Gasteiger partial charge in [0.2, 0.25) is 0 Å². The number of hydrogen-bond acceptors (Lipinski definition) is 29. The molecule has 724 valence electrons. The Hall–Kier alpha value is -18.3. The normalized spacial score (nSPS) is 11.6. The summed E-state index contributed by atoms with van der Waals surface area (Å²) in [7, 11) is 0. The van der Waals surface area contributed by atoms with Gasteiger partial charge in [0.1, 0.15) is 83.8 Å². The van der Waals surface area contributed by atoms with Gasteiger partial charge in [0.15, 0.2) is 21.0 Å². The third kappa shape index (κ3) is 22.1. The van der Waals surface area contributed by atoms with E-state index in [1.165, 1.54) is 80.5 Å². The second-order valence-electron chi connectivity index (χ2n) is 31.4. The number of rotatable bonds is 20. The van der Waals surface area contributed by atoms with Gasteiger partial charge in [0, 0.05) is 65.8 Å². The molecule has 1 fully saturated rings. The van der Waals surface area contributed by atoms with Gasteiger partial charge < -0.3 is 65.1 Å². The van der Waals surface area contributed by atoms with Crippen LogP contribution in [0.5, 0.6) is 0 Å². The van der Waals surface area contributed by atoms with E-state index in [0.29, 0.717) is 48.6 Å². The molecule has 0 saturated carbocycles. The van der Waals surface area contributed by atoms with E-state index in [9.17, 15) is 38.4 Å². The summed E-state index contributed by atoms with van der Waals surface area (Å²) in [6, 6.07) is 67.9. The van der Waals surface area contributed by atoms with Crippen LogP contribution in [-0.4, -0.2) is 193 Å². The van der Waals surface area contributed by atoms with Crippen LogP contribution in [0.15, 0.2) is 318 Å². The van der Waals surface area contributed by atoms with E-state index in [-0.39, 0.29) is 23.3 Å². The van der Waals surface area contributed by atoms with Crippen molar-refractivity contribution in [3.8, 4) is 44.8 Å². The molecule has 8 aromatic carbocycles. The second kappa shape index (κ2) is 44.4. The highest BCUT2D eigenvalue weighted by Gasteiger charge is 2.22. The van der Waals surface area contributed by atoms with Crippen LogP contribution in [0.1, 0.15) is 87.1 Å². The molecule has 46 heteroatoms. The number of primary amides is 7. The summed E-state index contributed by atoms with van der Waals surface area (Å²) in [4.78, 5) is 148. The Morgan fingerprint density at radius 1 is 0.379 bits per heavy atom. The molecule has 0 atom stereocenters. The third-order valence-corrected chi connectivity index (χ3v) is 27.4. The summed E-state index contributed by atoms with van der Waals surface area (Å²) in [6.07, 6.45) is 19.0. The molecule has 0 unspecified atom stereocenters. The molecule has 16 aromatic heterocycles. The van der Waals surface area contributed by atoms with Gasteiger partial charge in [-0.2, -0.15) is 4.98 Å². The van der Waals surface area contributed by atoms with Gasteiger partial charge in [-0.3, -0.25) is 74.9 Å². The molecule has 25 rings (SSSR count). The van der Waals surface area contributed by atoms with Crippen molar-refractivity contribution in [2.24, 2.45) is 40.1 Å². The van der Waals surface area contributed by atoms with E-state index in [4.69, 9.17) is 44.6 Å². The highest BCUT2D eigenvalue weighted by atomic mass is 32.1. The average molecular weight is 2040 g/mol. The highest BCUT2D eigenvalue weighted by Crippen LogP contribution is 2.31. The lowest BCUT2D eigenvalue weighted by molar-refractivity contribution is 0.0950. The van der Waals surface area contributed by atoms with Crippen molar-refractivity contribution in [2.75, 3.05) is 39.3 Å². The van der Waals surface area contributed by atoms with Crippen LogP contribution in [0.3, 0.4) is 0 Å². The van der Waals surface area contributed by atoms with Crippen LogP contribution in [-0.2, 0) is 0 Å². The number of nitrogens with zero attached hydrogens (tertiary/aromatic N) is 21. The van der Waals surface area contributed by atoms with Gasteiger partial charge in [-0.05, 0) is 134 Å². The lowest BCUT2D eigenvalue weighted by Crippen LogP contribution is -2.44. The number of para-hydroxylation sites is 16. The fourth-order valence-corrected chi connectivity index (χ4v) is 19.7. The molecule has 24 aromatic rings. The minimum absolute atomic E-state index is 0.00554. The number of aromatic amines is 1. The lowest BCUT2D eigenvalue weighted by Gasteiger charge is -2.27. The third-order valence-electron chi connectivity index (χ3n) is 22.2. The Bertz CT molecular complexity index is 7950. The van der Waals surface area contributed by atoms with Gasteiger partial charge in [0.25, 0.3) is 47.3 Å². The zero-order valence-corrected chi connectivity index (χ0v) is 80.9. The summed E-state index contributed by atoms with van der Waals surface area (Å²) >= 11 is 8.11. The number of piperazine rings is 1. The molecule has 1 aliphatic rings. The van der Waals surface area contributed by atoms with Crippen LogP contribution >= 0.6 is 68.0 Å². The van der Waals surface area contributed by atoms with Crippen LogP contribution in [0, 0.1) is 0 Å². The Morgan fingerprint density at radius 3 is 1.31 bits per heavy atom. The molecule has 0 bridgehead atoms. The quantitative estimate of drug-likeness (QED) is 0.0317. The van der Waals surface area contributed by atoms with Crippen molar-refractivity contribution in [2.45, 2.75) is 6.42 Å². The number of thiazole rings is 3. The number of nitrogens with one attached hydrogen (secondary N) is 3. The number of thiophene rings is 3. The number of hydrogen-bond donors (Lipinski definition) is 10. The Labute approximate surface area is 844 Å². The molecular formula is C99H83N31O9S6. The fourth-order valence-electron chi connectivity index (χ4n) is 15.2. The number of oxazole rings is 1. The Morgan fingerprint density at radius 2 is 0.841 bits per heavy atom. The number of imidazole rings is 8. The van der Waals surface area contributed by atoms with E-state index >= 15 is 0 Å². The first-order chi connectivity index (χ1) is 70.6. The van der Waals surface area contributed by atoms with E-state index in [1.54, 1.807) is 77.3 Å². The zero-order valence-electron chi connectivity index (χ0n) is 76.0. The molecule has 1 saturated heterocycles. The standard InChI is InChI=1S/C19H23N5OS.C12H10N4O.2C12H9N3OS.C11H8N4O2.3C11H8N4OS/c25-19(21-6-3-9-23-10-7-20-8-11-23)18-12-15(13-26-18)24-14-22-16-4-1-2-5-17(16)24;13-12(17)10-5-8(6-14-10)16-7-15-9-3-1-2-4-11(9)16;13-12(16)8-5-17-6-11(8)15-7-14-9-3-1-2-4-10(9)15;13-12(16)11-10(5-6-17-11)15-7-14-8-3-1-2-4-9(8)15;2*12-10(16)8-5-17-11(14-8)15-6-13-7-3-1-2-4-9(7)15;12-10(16)11-14-9(5-17-11)15-6-13-7-3-1-2-4-8(7)15;12-10(16)9-5-13-11(17-9)15-6-14-7-3-1-2-4-8(7)15/h1-2,4-5,12-14,20H,3,6-11H2,(H,21,25);1-7,14H,(H2,13,17);2*1-7H,(H2,13,16);4*1-6H,(H2,12,16). The van der Waals surface area contributed by atoms with Crippen LogP contribution < -0.4 is 50.8 Å². The summed E-state index contributed by atoms with van der Waals surface area (Å²) < 4.78 is 20.0. The largest absolute Gasteiger partial charge is 0.431 e. The van der Waals surface area contributed by atoms with E-state index < -0.39 is 41.4 Å². The molecule has 17 N–H and O–H groups in total. The predicted molar refractivity (Wildman–Crippen MR) is 560 cm³/mol. The molecule has 0 spiro atoms. The molecule has 1 aliphatic heterocycles. The van der Waals surface area contributed by atoms with Gasteiger partial charge in [-0.25, -0.2) is 54.8 Å². The molecular weight excluding hydrogens is 1960 g/mol. The SMILES string of the molecule is NC(=O)c1cc(-n2cnc3ccccc32)c[nH]1.NC(=O)c1cnc(-n2cnc3ccccc32)s1.NC(=O)c1coc(-n2cnc3ccccc32)n1.NC(=O)c1csc(-n2cnc3ccccc32)n1.NC(=O)c1cscc1-n1cnc2ccccc21.NC(=O)c1nc(-n2cnc3ccccc32)cs1.NC(=O)c1sccc1-n1cnc2ccccc21.O=C(NCCCN1CCNCC1)c1cc(-n2cnc3ccccc32)cs1. The van der Waals surface area contributed by atoms with Crippen LogP contribution in [0.25, 0.3) is 133 Å². The van der Waals surface area contributed by atoms with E-state index in [2.05, 4.69) is 80.3 Å². The Balaban J connectivity index is 0.000000109. The fraction of sp³-hybridized carbons (Fsp3) is 0.0707. The smallest absolute Gasteiger partial charge is 0.308 e. The van der Waals surface area contributed by atoms with Crippen molar-refractivity contribution in [3.05, 3.63) is 356 Å². The summed E-state index contributed by atoms with van der Waals surface area (Å²) in [5.74, 6) is -2.74. The molecule has 17 heterocycles. The topological polar surface area (TPSA) is 569 Å². The van der Waals surface area contributed by atoms with Crippen molar-refractivity contribution in [3.63, 3.8) is 0 Å². The maximum Gasteiger partial charge on any atom is 0.308 e. The number of benzene rings is 8. The van der Waals surface area contributed by atoms with Crippen molar-refractivity contribution in [1.29, 1.82) is 0 Å². The highest BCUT2D eigenvalue weighted by molar-refractivity contribution is 7.16. The molecule has 145 heavy (non-hydrogen) atoms. The number of fused-ring (bicyclic) bond motifs is 8. The van der Waals surface area contributed by atoms with E-state index in [0.717, 1.165) is 155 Å². The second-order valence-corrected chi connectivity index (χ2v) is 36.6. The van der Waals surface area contributed by atoms with Gasteiger partial charge in [-0.1, -0.05) is 108 Å². The number of carbonyl (C=O) groups excluding carboxylic acids is 8. The number of H-pyrrole nitrogens is 1. The van der Waals surface area contributed by atoms with Crippen LogP contribution in [0.4, 0.5) is 0 Å². The first-order valence-electron chi connectivity index (χ1n) is 44.1. The monoisotopic (exact) mass is 2040 g/mol. The maximum atomic E-state index is 12.4.